The third kappa shape index (κ3) is 4.32. The van der Waals surface area contributed by atoms with E-state index in [1.165, 1.54) is 6.20 Å². The summed E-state index contributed by atoms with van der Waals surface area (Å²) in [6, 6.07) is 5.98. The molecule has 0 saturated carbocycles. The molecule has 2 aliphatic heterocycles. The van der Waals surface area contributed by atoms with E-state index in [2.05, 4.69) is 4.98 Å². The minimum atomic E-state index is -0.536. The fourth-order valence-electron chi connectivity index (χ4n) is 3.44. The molecule has 0 unspecified atom stereocenters. The van der Waals surface area contributed by atoms with Crippen LogP contribution in [0.2, 0.25) is 0 Å². The molecule has 2 aromatic rings. The van der Waals surface area contributed by atoms with Crippen molar-refractivity contribution in [1.29, 1.82) is 0 Å². The van der Waals surface area contributed by atoms with Gasteiger partial charge >= 0.3 is 17.9 Å². The first kappa shape index (κ1) is 20.0. The number of hydrogen-bond acceptors (Lipinski definition) is 7. The van der Waals surface area contributed by atoms with Crippen LogP contribution in [0.1, 0.15) is 38.3 Å². The van der Waals surface area contributed by atoms with Crippen molar-refractivity contribution in [3.8, 4) is 11.8 Å². The molecule has 1 amide bonds. The van der Waals surface area contributed by atoms with Crippen LogP contribution in [0.4, 0.5) is 10.6 Å². The molecule has 1 aromatic carbocycles. The zero-order valence-electron chi connectivity index (χ0n) is 17.2. The molecule has 0 radical (unpaired) electrons. The van der Waals surface area contributed by atoms with E-state index in [-0.39, 0.29) is 24.0 Å². The average molecular weight is 416 g/mol. The fraction of sp³-hybridized carbons (Fsp3) is 0.500. The van der Waals surface area contributed by atoms with Gasteiger partial charge in [-0.25, -0.2) is 4.79 Å². The van der Waals surface area contributed by atoms with Crippen LogP contribution in [0.15, 0.2) is 24.4 Å². The standard InChI is InChI=1S/C20H24N4O6/c1-20(2,3)30-19(25)23-9-13-4-5-15(8-14(13)10-23)28-12-16-6-7-22-11-17(24(26)27)21-18(22)29-16/h4-5,8,11,16H,6-7,9-10,12H2,1-3H3/t16-/m1/s1. The number of aryl methyl sites for hydroxylation is 1. The average Bonchev–Trinajstić information content (AvgIpc) is 3.28. The van der Waals surface area contributed by atoms with Gasteiger partial charge in [0, 0.05) is 31.0 Å². The summed E-state index contributed by atoms with van der Waals surface area (Å²) in [6.45, 7) is 7.41. The minimum Gasteiger partial charge on any atom is -0.490 e. The van der Waals surface area contributed by atoms with Crippen LogP contribution in [0.5, 0.6) is 11.8 Å². The summed E-state index contributed by atoms with van der Waals surface area (Å²) in [6.07, 6.45) is 1.47. The SMILES string of the molecule is CC(C)(C)OC(=O)N1Cc2ccc(OC[C@H]3CCn4cc([N+](=O)[O-])nc4O3)cc2C1. The van der Waals surface area contributed by atoms with E-state index in [9.17, 15) is 14.9 Å². The number of nitrogens with zero attached hydrogens (tertiary/aromatic N) is 4. The van der Waals surface area contributed by atoms with Crippen molar-refractivity contribution in [3.05, 3.63) is 45.6 Å². The summed E-state index contributed by atoms with van der Waals surface area (Å²) >= 11 is 0. The van der Waals surface area contributed by atoms with E-state index in [0.29, 0.717) is 38.4 Å². The normalized spacial score (nSPS) is 17.7. The van der Waals surface area contributed by atoms with Crippen LogP contribution in [0.25, 0.3) is 0 Å². The van der Waals surface area contributed by atoms with E-state index in [1.807, 2.05) is 39.0 Å². The number of carbonyl (C=O) groups excluding carboxylic acids is 1. The maximum atomic E-state index is 12.3. The van der Waals surface area contributed by atoms with Crippen LogP contribution in [0, 0.1) is 10.1 Å². The Morgan fingerprint density at radius 1 is 1.33 bits per heavy atom. The number of carbonyl (C=O) groups is 1. The summed E-state index contributed by atoms with van der Waals surface area (Å²) in [5.74, 6) is 0.461. The number of benzene rings is 1. The summed E-state index contributed by atoms with van der Waals surface area (Å²) < 4.78 is 18.7. The molecule has 0 aliphatic carbocycles. The third-order valence-electron chi connectivity index (χ3n) is 4.87. The molecule has 0 saturated heterocycles. The van der Waals surface area contributed by atoms with Gasteiger partial charge in [0.25, 0.3) is 0 Å². The quantitative estimate of drug-likeness (QED) is 0.556. The van der Waals surface area contributed by atoms with Gasteiger partial charge < -0.3 is 24.3 Å². The van der Waals surface area contributed by atoms with Crippen molar-refractivity contribution in [2.45, 2.75) is 58.5 Å². The molecular weight excluding hydrogens is 392 g/mol. The van der Waals surface area contributed by atoms with Crippen LogP contribution < -0.4 is 9.47 Å². The highest BCUT2D eigenvalue weighted by atomic mass is 16.6. The molecule has 0 spiro atoms. The van der Waals surface area contributed by atoms with E-state index < -0.39 is 10.5 Å². The Hall–Kier alpha value is -3.30. The summed E-state index contributed by atoms with van der Waals surface area (Å²) in [5, 5.41) is 10.9. The van der Waals surface area contributed by atoms with Crippen molar-refractivity contribution in [1.82, 2.24) is 14.5 Å². The molecular formula is C20H24N4O6. The highest BCUT2D eigenvalue weighted by molar-refractivity contribution is 5.69. The number of amides is 1. The Labute approximate surface area is 173 Å². The molecule has 1 atom stereocenters. The smallest absolute Gasteiger partial charge is 0.414 e. The predicted octanol–water partition coefficient (Wildman–Crippen LogP) is 3.27. The Kier molecular flexibility index (Phi) is 5.00. The second-order valence-electron chi connectivity index (χ2n) is 8.44. The van der Waals surface area contributed by atoms with E-state index in [4.69, 9.17) is 14.2 Å². The van der Waals surface area contributed by atoms with Crippen molar-refractivity contribution in [2.24, 2.45) is 0 Å². The molecule has 30 heavy (non-hydrogen) atoms. The molecule has 160 valence electrons. The number of ether oxygens (including phenoxy) is 3. The highest BCUT2D eigenvalue weighted by Crippen LogP contribution is 2.29. The predicted molar refractivity (Wildman–Crippen MR) is 105 cm³/mol. The van der Waals surface area contributed by atoms with Gasteiger partial charge in [-0.1, -0.05) is 6.07 Å². The number of hydrogen-bond donors (Lipinski definition) is 0. The summed E-state index contributed by atoms with van der Waals surface area (Å²) in [4.78, 5) is 28.2. The number of fused-ring (bicyclic) bond motifs is 2. The highest BCUT2D eigenvalue weighted by Gasteiger charge is 2.30. The maximum Gasteiger partial charge on any atom is 0.414 e. The lowest BCUT2D eigenvalue weighted by molar-refractivity contribution is -0.389. The van der Waals surface area contributed by atoms with Crippen molar-refractivity contribution < 1.29 is 23.9 Å². The van der Waals surface area contributed by atoms with E-state index in [1.54, 1.807) is 9.47 Å². The Morgan fingerprint density at radius 2 is 2.10 bits per heavy atom. The largest absolute Gasteiger partial charge is 0.490 e. The Bertz CT molecular complexity index is 980. The van der Waals surface area contributed by atoms with Crippen LogP contribution in [-0.2, 0) is 24.4 Å². The number of nitro groups is 1. The lowest BCUT2D eigenvalue weighted by atomic mass is 10.1. The van der Waals surface area contributed by atoms with E-state index >= 15 is 0 Å². The fourth-order valence-corrected chi connectivity index (χ4v) is 3.44. The van der Waals surface area contributed by atoms with E-state index in [0.717, 1.165) is 11.1 Å². The lowest BCUT2D eigenvalue weighted by Crippen LogP contribution is -2.33. The lowest BCUT2D eigenvalue weighted by Gasteiger charge is -2.24. The zero-order valence-corrected chi connectivity index (χ0v) is 17.2. The van der Waals surface area contributed by atoms with Crippen LogP contribution in [-0.4, -0.2) is 43.8 Å². The molecule has 1 aromatic heterocycles. The topological polar surface area (TPSA) is 109 Å². The molecule has 0 fully saturated rings. The van der Waals surface area contributed by atoms with Crippen molar-refractivity contribution >= 4 is 11.9 Å². The van der Waals surface area contributed by atoms with Crippen LogP contribution in [0.3, 0.4) is 0 Å². The van der Waals surface area contributed by atoms with Gasteiger partial charge in [-0.3, -0.25) is 9.47 Å². The number of rotatable bonds is 4. The number of imidazole rings is 1. The van der Waals surface area contributed by atoms with Crippen molar-refractivity contribution in [2.75, 3.05) is 6.61 Å². The third-order valence-corrected chi connectivity index (χ3v) is 4.87. The van der Waals surface area contributed by atoms with Gasteiger partial charge in [0.15, 0.2) is 0 Å². The summed E-state index contributed by atoms with van der Waals surface area (Å²) in [7, 11) is 0. The first-order valence-corrected chi connectivity index (χ1v) is 9.79. The van der Waals surface area contributed by atoms with Gasteiger partial charge in [-0.2, -0.15) is 0 Å². The number of aromatic nitrogens is 2. The van der Waals surface area contributed by atoms with Gasteiger partial charge in [0.2, 0.25) is 0 Å². The second-order valence-corrected chi connectivity index (χ2v) is 8.44. The molecule has 0 N–H and O–H groups in total. The molecule has 10 nitrogen and oxygen atoms in total. The minimum absolute atomic E-state index is 0.222. The molecule has 0 bridgehead atoms. The monoisotopic (exact) mass is 416 g/mol. The Morgan fingerprint density at radius 3 is 2.83 bits per heavy atom. The zero-order chi connectivity index (χ0) is 21.5. The molecule has 3 heterocycles. The molecule has 2 aliphatic rings. The van der Waals surface area contributed by atoms with Gasteiger partial charge in [0.05, 0.1) is 0 Å². The molecule has 4 rings (SSSR count). The first-order valence-electron chi connectivity index (χ1n) is 9.79. The van der Waals surface area contributed by atoms with Gasteiger partial charge in [-0.15, -0.1) is 0 Å². The second kappa shape index (κ2) is 7.51. The first-order chi connectivity index (χ1) is 14.2. The summed E-state index contributed by atoms with van der Waals surface area (Å²) in [5.41, 5.74) is 1.56. The van der Waals surface area contributed by atoms with Gasteiger partial charge in [-0.05, 0) is 49.0 Å². The Balaban J connectivity index is 1.34. The van der Waals surface area contributed by atoms with Crippen molar-refractivity contribution in [3.63, 3.8) is 0 Å². The maximum absolute atomic E-state index is 12.3. The molecule has 10 heteroatoms. The van der Waals surface area contributed by atoms with Crippen LogP contribution >= 0.6 is 0 Å². The van der Waals surface area contributed by atoms with Gasteiger partial charge in [0.1, 0.15) is 30.3 Å².